The van der Waals surface area contributed by atoms with E-state index in [0.29, 0.717) is 0 Å². The van der Waals surface area contributed by atoms with E-state index in [4.69, 9.17) is 0 Å². The lowest BCUT2D eigenvalue weighted by molar-refractivity contribution is -0.0892. The minimum Gasteiger partial charge on any atom is -0.166 e. The molecule has 0 aromatic heterocycles. The molecule has 0 radical (unpaired) electrons. The van der Waals surface area contributed by atoms with Crippen molar-refractivity contribution in [3.63, 3.8) is 0 Å². The van der Waals surface area contributed by atoms with E-state index in [-0.39, 0.29) is 5.57 Å². The van der Waals surface area contributed by atoms with Crippen LogP contribution < -0.4 is 0 Å². The normalized spacial score (nSPS) is 12.9. The number of hydrogen-bond donors (Lipinski definition) is 0. The molecule has 0 aliphatic rings. The molecule has 0 rings (SSSR count). The summed E-state index contributed by atoms with van der Waals surface area (Å²) in [5, 5.41) is 0. The zero-order valence-electron chi connectivity index (χ0n) is 6.20. The highest BCUT2D eigenvalue weighted by Gasteiger charge is 2.33. The number of alkyl halides is 3. The van der Waals surface area contributed by atoms with Crippen molar-refractivity contribution in [3.05, 3.63) is 36.5 Å². The second-order valence-corrected chi connectivity index (χ2v) is 2.09. The van der Waals surface area contributed by atoms with Crippen LogP contribution in [0.3, 0.4) is 0 Å². The fraction of sp³-hybridized carbons (Fsp3) is 0.250. The number of rotatable bonds is 2. The van der Waals surface area contributed by atoms with Gasteiger partial charge in [-0.15, -0.1) is 0 Å². The Hall–Kier alpha value is -0.990. The van der Waals surface area contributed by atoms with E-state index in [1.807, 2.05) is 0 Å². The smallest absolute Gasteiger partial charge is 0.166 e. The van der Waals surface area contributed by atoms with Gasteiger partial charge in [0.2, 0.25) is 0 Å². The molecule has 62 valence electrons. The topological polar surface area (TPSA) is 0 Å². The van der Waals surface area contributed by atoms with Crippen molar-refractivity contribution >= 4 is 0 Å². The number of hydrogen-bond acceptors (Lipinski definition) is 0. The van der Waals surface area contributed by atoms with Gasteiger partial charge in [-0.2, -0.15) is 13.2 Å². The molecule has 0 amide bonds. The highest BCUT2D eigenvalue weighted by Crippen LogP contribution is 2.29. The fourth-order valence-corrected chi connectivity index (χ4v) is 0.597. The van der Waals surface area contributed by atoms with Crippen LogP contribution in [0.5, 0.6) is 0 Å². The molecule has 0 N–H and O–H groups in total. The van der Waals surface area contributed by atoms with Gasteiger partial charge in [0.15, 0.2) is 0 Å². The molecule has 11 heavy (non-hydrogen) atoms. The third-order valence-electron chi connectivity index (χ3n) is 1.05. The first-order chi connectivity index (χ1) is 4.89. The second-order valence-electron chi connectivity index (χ2n) is 2.09. The number of halogens is 3. The summed E-state index contributed by atoms with van der Waals surface area (Å²) in [5.41, 5.74) is -0.732. The summed E-state index contributed by atoms with van der Waals surface area (Å²) in [7, 11) is 0. The molecule has 0 aliphatic heterocycles. The van der Waals surface area contributed by atoms with Crippen molar-refractivity contribution in [1.82, 2.24) is 0 Å². The lowest BCUT2D eigenvalue weighted by Gasteiger charge is -2.09. The third-order valence-corrected chi connectivity index (χ3v) is 1.05. The van der Waals surface area contributed by atoms with Gasteiger partial charge in [-0.05, 0) is 12.5 Å². The Morgan fingerprint density at radius 3 is 1.91 bits per heavy atom. The second kappa shape index (κ2) is 3.42. The predicted molar refractivity (Wildman–Crippen MR) is 39.1 cm³/mol. The molecule has 0 heterocycles. The molecule has 0 spiro atoms. The van der Waals surface area contributed by atoms with Crippen LogP contribution in [0.1, 0.15) is 6.92 Å². The SMILES string of the molecule is C=C/C=C(\C(=C)C)C(F)(F)F. The van der Waals surface area contributed by atoms with Gasteiger partial charge in [0, 0.05) is 0 Å². The van der Waals surface area contributed by atoms with E-state index in [1.54, 1.807) is 0 Å². The van der Waals surface area contributed by atoms with Gasteiger partial charge in [-0.1, -0.05) is 25.3 Å². The maximum atomic E-state index is 12.0. The molecule has 3 heteroatoms. The van der Waals surface area contributed by atoms with Crippen LogP contribution in [-0.2, 0) is 0 Å². The van der Waals surface area contributed by atoms with Gasteiger partial charge in [0.05, 0.1) is 5.57 Å². The van der Waals surface area contributed by atoms with Gasteiger partial charge < -0.3 is 0 Å². The lowest BCUT2D eigenvalue weighted by Crippen LogP contribution is -2.12. The molecular formula is C8H9F3. The van der Waals surface area contributed by atoms with Crippen LogP contribution in [0.25, 0.3) is 0 Å². The predicted octanol–water partition coefficient (Wildman–Crippen LogP) is 3.24. The highest BCUT2D eigenvalue weighted by molar-refractivity contribution is 5.33. The molecule has 0 atom stereocenters. The van der Waals surface area contributed by atoms with Crippen molar-refractivity contribution < 1.29 is 13.2 Å². The van der Waals surface area contributed by atoms with Crippen LogP contribution >= 0.6 is 0 Å². The van der Waals surface area contributed by atoms with E-state index in [0.717, 1.165) is 12.2 Å². The molecule has 0 aromatic rings. The molecule has 0 nitrogen and oxygen atoms in total. The van der Waals surface area contributed by atoms with Gasteiger partial charge in [0.25, 0.3) is 0 Å². The van der Waals surface area contributed by atoms with Crippen molar-refractivity contribution in [2.45, 2.75) is 13.1 Å². The van der Waals surface area contributed by atoms with Crippen LogP contribution in [0.2, 0.25) is 0 Å². The van der Waals surface area contributed by atoms with Crippen LogP contribution in [0.4, 0.5) is 13.2 Å². The van der Waals surface area contributed by atoms with E-state index in [2.05, 4.69) is 13.2 Å². The van der Waals surface area contributed by atoms with E-state index < -0.39 is 11.7 Å². The molecule has 0 fully saturated rings. The van der Waals surface area contributed by atoms with E-state index in [1.165, 1.54) is 6.92 Å². The third kappa shape index (κ3) is 3.07. The van der Waals surface area contributed by atoms with Crippen molar-refractivity contribution in [2.75, 3.05) is 0 Å². The Kier molecular flexibility index (Phi) is 3.11. The summed E-state index contributed by atoms with van der Waals surface area (Å²) in [6.07, 6.45) is -2.32. The van der Waals surface area contributed by atoms with Gasteiger partial charge in [-0.25, -0.2) is 0 Å². The summed E-state index contributed by atoms with van der Waals surface area (Å²) in [6, 6.07) is 0. The maximum absolute atomic E-state index is 12.0. The molecule has 0 saturated carbocycles. The minimum atomic E-state index is -4.32. The first-order valence-electron chi connectivity index (χ1n) is 2.95. The molecule has 0 bridgehead atoms. The Labute approximate surface area is 63.7 Å². The Morgan fingerprint density at radius 2 is 1.82 bits per heavy atom. The molecule has 0 aliphatic carbocycles. The van der Waals surface area contributed by atoms with Crippen LogP contribution in [0, 0.1) is 0 Å². The molecule has 0 unspecified atom stereocenters. The summed E-state index contributed by atoms with van der Waals surface area (Å²) in [6.45, 7) is 7.69. The fourth-order valence-electron chi connectivity index (χ4n) is 0.597. The summed E-state index contributed by atoms with van der Waals surface area (Å²) < 4.78 is 35.9. The lowest BCUT2D eigenvalue weighted by atomic mass is 10.1. The highest BCUT2D eigenvalue weighted by atomic mass is 19.4. The summed E-state index contributed by atoms with van der Waals surface area (Å²) in [4.78, 5) is 0. The Bertz CT molecular complexity index is 196. The first kappa shape index (κ1) is 10.0. The average Bonchev–Trinajstić information content (AvgIpc) is 1.79. The molecular weight excluding hydrogens is 153 g/mol. The quantitative estimate of drug-likeness (QED) is 0.547. The Balaban J connectivity index is 4.77. The van der Waals surface area contributed by atoms with E-state index >= 15 is 0 Å². The van der Waals surface area contributed by atoms with Crippen molar-refractivity contribution in [1.29, 1.82) is 0 Å². The Morgan fingerprint density at radius 1 is 1.36 bits per heavy atom. The number of allylic oxidation sites excluding steroid dienone is 4. The van der Waals surface area contributed by atoms with Crippen molar-refractivity contribution in [2.24, 2.45) is 0 Å². The minimum absolute atomic E-state index is 0.00241. The zero-order chi connectivity index (χ0) is 9.07. The standard InChI is InChI=1S/C8H9F3/c1-4-5-7(6(2)3)8(9,10)11/h4-5H,1-2H2,3H3/b7-5+. The average molecular weight is 162 g/mol. The summed E-state index contributed by atoms with van der Waals surface area (Å²) in [5.74, 6) is 0. The van der Waals surface area contributed by atoms with Crippen LogP contribution in [0.15, 0.2) is 36.5 Å². The largest absolute Gasteiger partial charge is 0.416 e. The first-order valence-corrected chi connectivity index (χ1v) is 2.95. The van der Waals surface area contributed by atoms with E-state index in [9.17, 15) is 13.2 Å². The summed E-state index contributed by atoms with van der Waals surface area (Å²) >= 11 is 0. The van der Waals surface area contributed by atoms with Gasteiger partial charge >= 0.3 is 6.18 Å². The molecule has 0 aromatic carbocycles. The van der Waals surface area contributed by atoms with Crippen LogP contribution in [-0.4, -0.2) is 6.18 Å². The van der Waals surface area contributed by atoms with Gasteiger partial charge in [0.1, 0.15) is 0 Å². The zero-order valence-corrected chi connectivity index (χ0v) is 6.20. The van der Waals surface area contributed by atoms with Crippen molar-refractivity contribution in [3.8, 4) is 0 Å². The van der Waals surface area contributed by atoms with Gasteiger partial charge in [-0.3, -0.25) is 0 Å². The molecule has 0 saturated heterocycles. The monoisotopic (exact) mass is 162 g/mol. The maximum Gasteiger partial charge on any atom is 0.416 e.